The van der Waals surface area contributed by atoms with Crippen LogP contribution < -0.4 is 5.32 Å². The van der Waals surface area contributed by atoms with E-state index in [1.165, 1.54) is 6.33 Å². The molecule has 25 heavy (non-hydrogen) atoms. The molecule has 2 aromatic heterocycles. The van der Waals surface area contributed by atoms with Crippen molar-refractivity contribution < 1.29 is 9.32 Å². The first-order valence-corrected chi connectivity index (χ1v) is 8.24. The first-order chi connectivity index (χ1) is 12.0. The zero-order chi connectivity index (χ0) is 17.8. The van der Waals surface area contributed by atoms with Crippen LogP contribution in [0, 0.1) is 5.92 Å². The Hall–Kier alpha value is -2.96. The van der Waals surface area contributed by atoms with Gasteiger partial charge in [0.25, 0.3) is 5.91 Å². The van der Waals surface area contributed by atoms with Gasteiger partial charge in [-0.1, -0.05) is 31.1 Å². The Morgan fingerprint density at radius 1 is 1.24 bits per heavy atom. The van der Waals surface area contributed by atoms with Crippen molar-refractivity contribution >= 4 is 5.91 Å². The number of nitrogens with one attached hydrogen (secondary N) is 1. The molecule has 1 atom stereocenters. The minimum atomic E-state index is -0.268. The molecule has 0 unspecified atom stereocenters. The number of amides is 1. The van der Waals surface area contributed by atoms with Crippen LogP contribution in [0.15, 0.2) is 47.5 Å². The zero-order valence-electron chi connectivity index (χ0n) is 14.5. The molecule has 0 aliphatic carbocycles. The lowest BCUT2D eigenvalue weighted by atomic mass is 10.1. The Kier molecular flexibility index (Phi) is 4.92. The third kappa shape index (κ3) is 4.12. The van der Waals surface area contributed by atoms with Crippen LogP contribution in [0.1, 0.15) is 48.6 Å². The van der Waals surface area contributed by atoms with E-state index in [0.717, 1.165) is 23.4 Å². The summed E-state index contributed by atoms with van der Waals surface area (Å²) in [5.74, 6) is 0.431. The topological polar surface area (TPSA) is 85.8 Å². The molecule has 7 heteroatoms. The number of carbonyl (C=O) groups excluding carboxylic acids is 1. The molecule has 1 amide bonds. The normalized spacial score (nSPS) is 12.3. The van der Waals surface area contributed by atoms with Crippen molar-refractivity contribution in [2.75, 3.05) is 0 Å². The van der Waals surface area contributed by atoms with E-state index in [2.05, 4.69) is 34.4 Å². The molecular formula is C18H21N5O2. The molecule has 130 valence electrons. The smallest absolute Gasteiger partial charge is 0.290 e. The highest BCUT2D eigenvalue weighted by Gasteiger charge is 2.17. The number of rotatable bonds is 6. The molecule has 0 aliphatic heterocycles. The van der Waals surface area contributed by atoms with Gasteiger partial charge in [-0.3, -0.25) is 4.79 Å². The van der Waals surface area contributed by atoms with Gasteiger partial charge in [-0.05, 0) is 37.0 Å². The van der Waals surface area contributed by atoms with Crippen molar-refractivity contribution in [3.63, 3.8) is 0 Å². The first kappa shape index (κ1) is 16.9. The summed E-state index contributed by atoms with van der Waals surface area (Å²) in [5, 5.41) is 11.0. The SMILES string of the molecule is CC(C)Cc1cc(C(=O)N[C@@H](C)c2ccc(-n3cncn3)cc2)on1. The van der Waals surface area contributed by atoms with Crippen LogP contribution >= 0.6 is 0 Å². The van der Waals surface area contributed by atoms with Crippen molar-refractivity contribution in [2.45, 2.75) is 33.2 Å². The molecule has 7 nitrogen and oxygen atoms in total. The molecule has 0 saturated heterocycles. The minimum absolute atomic E-state index is 0.157. The van der Waals surface area contributed by atoms with Gasteiger partial charge in [0.1, 0.15) is 12.7 Å². The van der Waals surface area contributed by atoms with Crippen LogP contribution in [0.5, 0.6) is 0 Å². The standard InChI is InChI=1S/C18H21N5O2/c1-12(2)8-15-9-17(25-22-15)18(24)21-13(3)14-4-6-16(7-5-14)23-11-19-10-20-23/h4-7,9-13H,8H2,1-3H3,(H,21,24)/t13-/m0/s1. The second-order valence-electron chi connectivity index (χ2n) is 6.41. The van der Waals surface area contributed by atoms with E-state index < -0.39 is 0 Å². The molecule has 3 aromatic rings. The molecular weight excluding hydrogens is 318 g/mol. The Bertz CT molecular complexity index is 822. The fourth-order valence-electron chi connectivity index (χ4n) is 2.54. The maximum atomic E-state index is 12.3. The van der Waals surface area contributed by atoms with Crippen molar-refractivity contribution in [3.8, 4) is 5.69 Å². The second kappa shape index (κ2) is 7.29. The highest BCUT2D eigenvalue weighted by atomic mass is 16.5. The lowest BCUT2D eigenvalue weighted by Crippen LogP contribution is -2.26. The van der Waals surface area contributed by atoms with E-state index in [4.69, 9.17) is 4.52 Å². The summed E-state index contributed by atoms with van der Waals surface area (Å²) in [4.78, 5) is 16.2. The predicted octanol–water partition coefficient (Wildman–Crippen LogP) is 2.94. The zero-order valence-corrected chi connectivity index (χ0v) is 14.5. The summed E-state index contributed by atoms with van der Waals surface area (Å²) in [6.45, 7) is 6.12. The average molecular weight is 339 g/mol. The van der Waals surface area contributed by atoms with Gasteiger partial charge in [0.15, 0.2) is 0 Å². The summed E-state index contributed by atoms with van der Waals surface area (Å²) >= 11 is 0. The molecule has 0 aliphatic rings. The molecule has 1 aromatic carbocycles. The van der Waals surface area contributed by atoms with Gasteiger partial charge in [-0.2, -0.15) is 5.10 Å². The highest BCUT2D eigenvalue weighted by molar-refractivity contribution is 5.91. The van der Waals surface area contributed by atoms with Gasteiger partial charge in [0.2, 0.25) is 5.76 Å². The third-order valence-corrected chi connectivity index (χ3v) is 3.82. The summed E-state index contributed by atoms with van der Waals surface area (Å²) in [6, 6.07) is 9.31. The summed E-state index contributed by atoms with van der Waals surface area (Å²) in [6.07, 6.45) is 3.91. The molecule has 0 fully saturated rings. The minimum Gasteiger partial charge on any atom is -0.351 e. The van der Waals surface area contributed by atoms with Crippen LogP contribution in [0.25, 0.3) is 5.69 Å². The van der Waals surface area contributed by atoms with Crippen LogP contribution in [-0.4, -0.2) is 25.8 Å². The van der Waals surface area contributed by atoms with Crippen LogP contribution in [0.3, 0.4) is 0 Å². The van der Waals surface area contributed by atoms with Gasteiger partial charge in [0.05, 0.1) is 17.4 Å². The quantitative estimate of drug-likeness (QED) is 0.746. The number of hydrogen-bond donors (Lipinski definition) is 1. The number of aromatic nitrogens is 4. The molecule has 1 N–H and O–H groups in total. The van der Waals surface area contributed by atoms with Crippen LogP contribution in [0.4, 0.5) is 0 Å². The molecule has 2 heterocycles. The Balaban J connectivity index is 1.64. The number of carbonyl (C=O) groups is 1. The van der Waals surface area contributed by atoms with Gasteiger partial charge in [-0.15, -0.1) is 0 Å². The maximum absolute atomic E-state index is 12.3. The van der Waals surface area contributed by atoms with Crippen molar-refractivity contribution in [2.24, 2.45) is 5.92 Å². The molecule has 0 spiro atoms. The van der Waals surface area contributed by atoms with Crippen molar-refractivity contribution in [1.82, 2.24) is 25.2 Å². The Morgan fingerprint density at radius 3 is 2.64 bits per heavy atom. The fourth-order valence-corrected chi connectivity index (χ4v) is 2.54. The van der Waals surface area contributed by atoms with E-state index in [-0.39, 0.29) is 17.7 Å². The molecule has 3 rings (SSSR count). The summed E-state index contributed by atoms with van der Waals surface area (Å²) < 4.78 is 6.83. The van der Waals surface area contributed by atoms with Crippen molar-refractivity contribution in [1.29, 1.82) is 0 Å². The summed E-state index contributed by atoms with van der Waals surface area (Å²) in [5.41, 5.74) is 2.69. The lowest BCUT2D eigenvalue weighted by molar-refractivity contribution is 0.0902. The van der Waals surface area contributed by atoms with Crippen LogP contribution in [0.2, 0.25) is 0 Å². The fraction of sp³-hybridized carbons (Fsp3) is 0.333. The Morgan fingerprint density at radius 2 is 2.00 bits per heavy atom. The Labute approximate surface area is 146 Å². The average Bonchev–Trinajstić information content (AvgIpc) is 3.26. The second-order valence-corrected chi connectivity index (χ2v) is 6.41. The summed E-state index contributed by atoms with van der Waals surface area (Å²) in [7, 11) is 0. The number of benzene rings is 1. The first-order valence-electron chi connectivity index (χ1n) is 8.24. The van der Waals surface area contributed by atoms with Gasteiger partial charge >= 0.3 is 0 Å². The highest BCUT2D eigenvalue weighted by Crippen LogP contribution is 2.16. The molecule has 0 radical (unpaired) electrons. The molecule has 0 bridgehead atoms. The largest absolute Gasteiger partial charge is 0.351 e. The van der Waals surface area contributed by atoms with E-state index in [0.29, 0.717) is 5.92 Å². The lowest BCUT2D eigenvalue weighted by Gasteiger charge is -2.13. The monoisotopic (exact) mass is 339 g/mol. The predicted molar refractivity (Wildman–Crippen MR) is 92.3 cm³/mol. The molecule has 0 saturated carbocycles. The van der Waals surface area contributed by atoms with Crippen LogP contribution in [-0.2, 0) is 6.42 Å². The number of hydrogen-bond acceptors (Lipinski definition) is 5. The number of nitrogens with zero attached hydrogens (tertiary/aromatic N) is 4. The van der Waals surface area contributed by atoms with Gasteiger partial charge < -0.3 is 9.84 Å². The van der Waals surface area contributed by atoms with Gasteiger partial charge in [-0.25, -0.2) is 9.67 Å². The van der Waals surface area contributed by atoms with E-state index >= 15 is 0 Å². The van der Waals surface area contributed by atoms with E-state index in [1.807, 2.05) is 31.2 Å². The van der Waals surface area contributed by atoms with E-state index in [1.54, 1.807) is 17.1 Å². The maximum Gasteiger partial charge on any atom is 0.290 e. The van der Waals surface area contributed by atoms with Crippen molar-refractivity contribution in [3.05, 3.63) is 60.0 Å². The third-order valence-electron chi connectivity index (χ3n) is 3.82. The van der Waals surface area contributed by atoms with Gasteiger partial charge in [0, 0.05) is 6.07 Å². The van der Waals surface area contributed by atoms with E-state index in [9.17, 15) is 4.79 Å².